The molecule has 210 valence electrons. The van der Waals surface area contributed by atoms with Gasteiger partial charge in [0.2, 0.25) is 0 Å². The van der Waals surface area contributed by atoms with Crippen LogP contribution in [0.4, 0.5) is 0 Å². The maximum absolute atomic E-state index is 4.16. The molecule has 0 aliphatic carbocycles. The molecule has 0 saturated heterocycles. The maximum atomic E-state index is 4.16. The number of hydrogen-bond acceptors (Lipinski definition) is 1. The van der Waals surface area contributed by atoms with Gasteiger partial charge >= 0.3 is 0 Å². The number of benzene rings is 8. The van der Waals surface area contributed by atoms with Gasteiger partial charge in [-0.25, -0.2) is 0 Å². The number of aromatic nitrogens is 1. The third-order valence-electron chi connectivity index (χ3n) is 9.43. The van der Waals surface area contributed by atoms with E-state index in [0.29, 0.717) is 0 Å². The molecule has 45 heavy (non-hydrogen) atoms. The van der Waals surface area contributed by atoms with Crippen molar-refractivity contribution in [2.45, 2.75) is 6.92 Å². The van der Waals surface area contributed by atoms with E-state index >= 15 is 0 Å². The van der Waals surface area contributed by atoms with Crippen LogP contribution in [0.5, 0.6) is 0 Å². The van der Waals surface area contributed by atoms with Gasteiger partial charge in [-0.05, 0) is 130 Å². The molecule has 8 aromatic carbocycles. The van der Waals surface area contributed by atoms with Crippen molar-refractivity contribution in [3.05, 3.63) is 164 Å². The first-order chi connectivity index (χ1) is 22.2. The van der Waals surface area contributed by atoms with Gasteiger partial charge in [-0.1, -0.05) is 115 Å². The number of rotatable bonds is 3. The summed E-state index contributed by atoms with van der Waals surface area (Å²) in [6.45, 7) is 2.23. The summed E-state index contributed by atoms with van der Waals surface area (Å²) in [5.74, 6) is 0. The van der Waals surface area contributed by atoms with Gasteiger partial charge in [0.1, 0.15) is 0 Å². The minimum Gasteiger partial charge on any atom is -0.265 e. The van der Waals surface area contributed by atoms with Crippen LogP contribution in [-0.2, 0) is 0 Å². The van der Waals surface area contributed by atoms with Crippen LogP contribution in [0.3, 0.4) is 0 Å². The Bertz CT molecular complexity index is 2600. The molecule has 0 fully saturated rings. The normalized spacial score (nSPS) is 11.7. The average molecular weight is 572 g/mol. The molecule has 0 spiro atoms. The molecule has 1 heterocycles. The van der Waals surface area contributed by atoms with Gasteiger partial charge in [-0.2, -0.15) is 0 Å². The predicted molar refractivity (Wildman–Crippen MR) is 193 cm³/mol. The fourth-order valence-corrected chi connectivity index (χ4v) is 7.23. The van der Waals surface area contributed by atoms with E-state index in [-0.39, 0.29) is 0 Å². The average Bonchev–Trinajstić information content (AvgIpc) is 3.10. The lowest BCUT2D eigenvalue weighted by Gasteiger charge is -2.16. The van der Waals surface area contributed by atoms with Gasteiger partial charge in [0.25, 0.3) is 0 Å². The topological polar surface area (TPSA) is 12.9 Å². The van der Waals surface area contributed by atoms with E-state index in [1.807, 2.05) is 12.4 Å². The smallest absolute Gasteiger partial charge is 0.0273 e. The molecule has 0 N–H and O–H groups in total. The molecule has 0 amide bonds. The van der Waals surface area contributed by atoms with E-state index in [1.54, 1.807) is 0 Å². The van der Waals surface area contributed by atoms with Gasteiger partial charge in [0, 0.05) is 12.4 Å². The molecule has 0 unspecified atom stereocenters. The summed E-state index contributed by atoms with van der Waals surface area (Å²) >= 11 is 0. The molecule has 0 aliphatic rings. The quantitative estimate of drug-likeness (QED) is 0.192. The highest BCUT2D eigenvalue weighted by Crippen LogP contribution is 2.41. The highest BCUT2D eigenvalue weighted by molar-refractivity contribution is 6.21. The molecule has 0 atom stereocenters. The Morgan fingerprint density at radius 1 is 0.356 bits per heavy atom. The monoisotopic (exact) mass is 571 g/mol. The Kier molecular flexibility index (Phi) is 5.79. The fraction of sp³-hybridized carbons (Fsp3) is 0.0227. The van der Waals surface area contributed by atoms with E-state index in [1.165, 1.54) is 92.8 Å². The van der Waals surface area contributed by atoms with Crippen LogP contribution in [0.25, 0.3) is 87.2 Å². The Morgan fingerprint density at radius 3 is 1.53 bits per heavy atom. The molecule has 1 nitrogen and oxygen atoms in total. The van der Waals surface area contributed by atoms with Gasteiger partial charge in [0.15, 0.2) is 0 Å². The fourth-order valence-electron chi connectivity index (χ4n) is 7.23. The van der Waals surface area contributed by atoms with Crippen LogP contribution < -0.4 is 0 Å². The van der Waals surface area contributed by atoms with E-state index in [0.717, 1.165) is 0 Å². The Labute approximate surface area is 262 Å². The standard InChI is InChI=1S/C44H29N/c1-28-5-2-6-30-11-12-32-8-4-10-41(44(32)42(28)30)40-9-3-7-31-13-18-38-27-37(19-20-39(38)43(31)40)36-17-16-34-25-33(14-15-35(34)26-36)29-21-23-45-24-22-29/h2-27H,1H3. The summed E-state index contributed by atoms with van der Waals surface area (Å²) in [6.07, 6.45) is 3.69. The molecule has 0 radical (unpaired) electrons. The lowest BCUT2D eigenvalue weighted by molar-refractivity contribution is 1.33. The minimum absolute atomic E-state index is 1.18. The minimum atomic E-state index is 1.18. The lowest BCUT2D eigenvalue weighted by Crippen LogP contribution is -1.89. The second-order valence-electron chi connectivity index (χ2n) is 12.1. The van der Waals surface area contributed by atoms with Crippen LogP contribution in [0.2, 0.25) is 0 Å². The third kappa shape index (κ3) is 4.20. The number of fused-ring (bicyclic) bond motifs is 7. The molecule has 0 saturated carbocycles. The van der Waals surface area contributed by atoms with Crippen molar-refractivity contribution in [2.24, 2.45) is 0 Å². The van der Waals surface area contributed by atoms with E-state index in [9.17, 15) is 0 Å². The van der Waals surface area contributed by atoms with Crippen molar-refractivity contribution in [3.8, 4) is 33.4 Å². The Balaban J connectivity index is 1.21. The van der Waals surface area contributed by atoms with Crippen LogP contribution in [-0.4, -0.2) is 4.98 Å². The van der Waals surface area contributed by atoms with Crippen molar-refractivity contribution in [2.75, 3.05) is 0 Å². The van der Waals surface area contributed by atoms with Gasteiger partial charge in [0.05, 0.1) is 0 Å². The second kappa shape index (κ2) is 10.1. The van der Waals surface area contributed by atoms with Crippen molar-refractivity contribution >= 4 is 53.9 Å². The Morgan fingerprint density at radius 2 is 0.844 bits per heavy atom. The molecule has 0 aliphatic heterocycles. The molecule has 9 rings (SSSR count). The maximum Gasteiger partial charge on any atom is 0.0273 e. The molecular weight excluding hydrogens is 542 g/mol. The van der Waals surface area contributed by atoms with E-state index < -0.39 is 0 Å². The molecular formula is C44H29N. The first kappa shape index (κ1) is 25.7. The van der Waals surface area contributed by atoms with E-state index in [2.05, 4.69) is 158 Å². The largest absolute Gasteiger partial charge is 0.265 e. The van der Waals surface area contributed by atoms with Crippen molar-refractivity contribution in [1.29, 1.82) is 0 Å². The summed E-state index contributed by atoms with van der Waals surface area (Å²) in [4.78, 5) is 4.16. The number of nitrogens with zero attached hydrogens (tertiary/aromatic N) is 1. The first-order valence-corrected chi connectivity index (χ1v) is 15.5. The third-order valence-corrected chi connectivity index (χ3v) is 9.43. The molecule has 9 aromatic rings. The van der Waals surface area contributed by atoms with Crippen LogP contribution in [0, 0.1) is 6.92 Å². The van der Waals surface area contributed by atoms with Gasteiger partial charge in [-0.15, -0.1) is 0 Å². The summed E-state index contributed by atoms with van der Waals surface area (Å²) in [5, 5.41) is 12.8. The van der Waals surface area contributed by atoms with Gasteiger partial charge < -0.3 is 0 Å². The van der Waals surface area contributed by atoms with Crippen LogP contribution in [0.15, 0.2) is 158 Å². The van der Waals surface area contributed by atoms with Crippen molar-refractivity contribution in [3.63, 3.8) is 0 Å². The lowest BCUT2D eigenvalue weighted by atomic mass is 9.88. The SMILES string of the molecule is Cc1cccc2ccc3cccc(-c4cccc5ccc6cc(-c7ccc8cc(-c9ccncc9)ccc8c7)ccc6c45)c3c12. The van der Waals surface area contributed by atoms with Crippen LogP contribution in [0.1, 0.15) is 5.56 Å². The number of pyridine rings is 1. The van der Waals surface area contributed by atoms with Crippen molar-refractivity contribution < 1.29 is 0 Å². The van der Waals surface area contributed by atoms with Gasteiger partial charge in [-0.3, -0.25) is 4.98 Å². The molecule has 1 aromatic heterocycles. The summed E-state index contributed by atoms with van der Waals surface area (Å²) in [7, 11) is 0. The highest BCUT2D eigenvalue weighted by Gasteiger charge is 2.14. The molecule has 0 bridgehead atoms. The van der Waals surface area contributed by atoms with Crippen molar-refractivity contribution in [1.82, 2.24) is 4.98 Å². The zero-order valence-corrected chi connectivity index (χ0v) is 25.0. The second-order valence-corrected chi connectivity index (χ2v) is 12.1. The van der Waals surface area contributed by atoms with E-state index in [4.69, 9.17) is 0 Å². The zero-order valence-electron chi connectivity index (χ0n) is 25.0. The zero-order chi connectivity index (χ0) is 29.9. The number of hydrogen-bond donors (Lipinski definition) is 0. The number of aryl methyl sites for hydroxylation is 1. The summed E-state index contributed by atoms with van der Waals surface area (Å²) in [5.41, 5.74) is 8.73. The molecule has 1 heteroatoms. The van der Waals surface area contributed by atoms with Crippen LogP contribution >= 0.6 is 0 Å². The predicted octanol–water partition coefficient (Wildman–Crippen LogP) is 12.2. The highest BCUT2D eigenvalue weighted by atomic mass is 14.6. The first-order valence-electron chi connectivity index (χ1n) is 15.5. The summed E-state index contributed by atoms with van der Waals surface area (Å²) < 4.78 is 0. The summed E-state index contributed by atoms with van der Waals surface area (Å²) in [6, 6.07) is 53.7. The Hall–Kier alpha value is -5.79.